The fourth-order valence-corrected chi connectivity index (χ4v) is 3.31. The quantitative estimate of drug-likeness (QED) is 0.736. The molecule has 92 valence electrons. The molecule has 0 aromatic carbocycles. The Hall–Kier alpha value is -0.570. The van der Waals surface area contributed by atoms with E-state index in [1.807, 2.05) is 4.90 Å². The second kappa shape index (κ2) is 4.74. The lowest BCUT2D eigenvalue weighted by molar-refractivity contribution is -0.131. The first-order chi connectivity index (χ1) is 7.65. The first-order valence-corrected chi connectivity index (χ1v) is 6.58. The Morgan fingerprint density at radius 3 is 2.19 bits per heavy atom. The largest absolute Gasteiger partial charge is 0.343 e. The molecule has 3 nitrogen and oxygen atoms in total. The summed E-state index contributed by atoms with van der Waals surface area (Å²) in [5.74, 6) is 0.249. The molecule has 0 bridgehead atoms. The summed E-state index contributed by atoms with van der Waals surface area (Å²) in [6.07, 6.45) is 7.79. The maximum Gasteiger partial charge on any atom is 0.219 e. The predicted molar refractivity (Wildman–Crippen MR) is 65.2 cm³/mol. The number of hydrogen-bond donors (Lipinski definition) is 1. The van der Waals surface area contributed by atoms with Crippen molar-refractivity contribution in [2.24, 2.45) is 5.41 Å². The smallest absolute Gasteiger partial charge is 0.219 e. The van der Waals surface area contributed by atoms with Crippen LogP contribution in [0, 0.1) is 5.41 Å². The first kappa shape index (κ1) is 11.9. The van der Waals surface area contributed by atoms with Crippen LogP contribution in [-0.2, 0) is 4.79 Å². The number of nitrogens with zero attached hydrogens (tertiary/aromatic N) is 1. The van der Waals surface area contributed by atoms with Gasteiger partial charge in [0.2, 0.25) is 5.91 Å². The van der Waals surface area contributed by atoms with E-state index in [9.17, 15) is 4.79 Å². The van der Waals surface area contributed by atoms with Gasteiger partial charge in [-0.1, -0.05) is 0 Å². The predicted octanol–water partition coefficient (Wildman–Crippen LogP) is 1.78. The minimum Gasteiger partial charge on any atom is -0.343 e. The molecule has 2 rings (SSSR count). The van der Waals surface area contributed by atoms with E-state index in [1.165, 1.54) is 38.5 Å². The number of carbonyl (C=O) groups is 1. The number of nitrogens with one attached hydrogen (secondary N) is 1. The Morgan fingerprint density at radius 1 is 1.19 bits per heavy atom. The van der Waals surface area contributed by atoms with Crippen molar-refractivity contribution >= 4 is 5.91 Å². The minimum atomic E-state index is 0.249. The molecule has 1 saturated heterocycles. The molecule has 1 heterocycles. The standard InChI is InChI=1S/C13H24N2O/c1-11(16)15-9-7-13(8-10-15)5-3-12(14-2)4-6-13/h12,14H,3-10H2,1-2H3. The average Bonchev–Trinajstić information content (AvgIpc) is 2.31. The Kier molecular flexibility index (Phi) is 3.53. The van der Waals surface area contributed by atoms with Gasteiger partial charge in [-0.25, -0.2) is 0 Å². The van der Waals surface area contributed by atoms with Crippen LogP contribution in [0.2, 0.25) is 0 Å². The molecule has 1 spiro atoms. The molecule has 3 heteroatoms. The van der Waals surface area contributed by atoms with E-state index in [0.29, 0.717) is 5.41 Å². The van der Waals surface area contributed by atoms with Gasteiger partial charge in [0.15, 0.2) is 0 Å². The van der Waals surface area contributed by atoms with Crippen LogP contribution in [0.15, 0.2) is 0 Å². The van der Waals surface area contributed by atoms with Gasteiger partial charge in [0.25, 0.3) is 0 Å². The van der Waals surface area contributed by atoms with Gasteiger partial charge in [0.05, 0.1) is 0 Å². The Morgan fingerprint density at radius 2 is 1.75 bits per heavy atom. The molecule has 1 saturated carbocycles. The van der Waals surface area contributed by atoms with Gasteiger partial charge in [-0.3, -0.25) is 4.79 Å². The fourth-order valence-electron chi connectivity index (χ4n) is 3.31. The summed E-state index contributed by atoms with van der Waals surface area (Å²) >= 11 is 0. The van der Waals surface area contributed by atoms with Crippen LogP contribution in [0.1, 0.15) is 45.4 Å². The SMILES string of the molecule is CNC1CCC2(CC1)CCN(C(C)=O)CC2. The summed E-state index contributed by atoms with van der Waals surface area (Å²) in [7, 11) is 2.07. The first-order valence-electron chi connectivity index (χ1n) is 6.58. The molecule has 2 fully saturated rings. The lowest BCUT2D eigenvalue weighted by Crippen LogP contribution is -2.45. The molecular formula is C13H24N2O. The molecule has 0 radical (unpaired) electrons. The molecule has 1 aliphatic heterocycles. The van der Waals surface area contributed by atoms with Gasteiger partial charge < -0.3 is 10.2 Å². The van der Waals surface area contributed by atoms with Crippen LogP contribution < -0.4 is 5.32 Å². The number of piperidine rings is 1. The highest BCUT2D eigenvalue weighted by Crippen LogP contribution is 2.44. The number of likely N-dealkylation sites (tertiary alicyclic amines) is 1. The fraction of sp³-hybridized carbons (Fsp3) is 0.923. The summed E-state index contributed by atoms with van der Waals surface area (Å²) in [4.78, 5) is 13.3. The highest BCUT2D eigenvalue weighted by molar-refractivity contribution is 5.73. The van der Waals surface area contributed by atoms with Crippen molar-refractivity contribution in [3.63, 3.8) is 0 Å². The van der Waals surface area contributed by atoms with E-state index in [4.69, 9.17) is 0 Å². The zero-order valence-corrected chi connectivity index (χ0v) is 10.6. The monoisotopic (exact) mass is 224 g/mol. The third-order valence-corrected chi connectivity index (χ3v) is 4.72. The van der Waals surface area contributed by atoms with Gasteiger partial charge in [0, 0.05) is 26.1 Å². The van der Waals surface area contributed by atoms with Gasteiger partial charge in [-0.2, -0.15) is 0 Å². The van der Waals surface area contributed by atoms with Crippen molar-refractivity contribution in [1.29, 1.82) is 0 Å². The molecule has 0 unspecified atom stereocenters. The molecule has 0 aromatic rings. The normalized spacial score (nSPS) is 26.0. The highest BCUT2D eigenvalue weighted by atomic mass is 16.2. The molecule has 0 aromatic heterocycles. The molecular weight excluding hydrogens is 200 g/mol. The third kappa shape index (κ3) is 2.40. The van der Waals surface area contributed by atoms with Crippen LogP contribution in [0.5, 0.6) is 0 Å². The van der Waals surface area contributed by atoms with Crippen LogP contribution in [0.4, 0.5) is 0 Å². The van der Waals surface area contributed by atoms with Crippen molar-refractivity contribution in [3.05, 3.63) is 0 Å². The summed E-state index contributed by atoms with van der Waals surface area (Å²) in [6.45, 7) is 3.66. The van der Waals surface area contributed by atoms with Gasteiger partial charge in [-0.15, -0.1) is 0 Å². The van der Waals surface area contributed by atoms with Crippen LogP contribution in [0.3, 0.4) is 0 Å². The zero-order chi connectivity index (χ0) is 11.6. The van der Waals surface area contributed by atoms with Gasteiger partial charge in [0.1, 0.15) is 0 Å². The molecule has 0 atom stereocenters. The highest BCUT2D eigenvalue weighted by Gasteiger charge is 2.38. The lowest BCUT2D eigenvalue weighted by atomic mass is 9.67. The molecule has 2 aliphatic rings. The number of carbonyl (C=O) groups excluding carboxylic acids is 1. The zero-order valence-electron chi connectivity index (χ0n) is 10.6. The lowest BCUT2D eigenvalue weighted by Gasteiger charge is -2.45. The van der Waals surface area contributed by atoms with Crippen molar-refractivity contribution in [2.45, 2.75) is 51.5 Å². The summed E-state index contributed by atoms with van der Waals surface area (Å²) in [6, 6.07) is 0.733. The maximum atomic E-state index is 11.3. The van der Waals surface area contributed by atoms with Crippen LogP contribution in [0.25, 0.3) is 0 Å². The van der Waals surface area contributed by atoms with E-state index < -0.39 is 0 Å². The Labute approximate surface area is 98.6 Å². The summed E-state index contributed by atoms with van der Waals surface area (Å²) in [5.41, 5.74) is 0.569. The Balaban J connectivity index is 1.86. The Bertz CT molecular complexity index is 247. The van der Waals surface area contributed by atoms with Crippen molar-refractivity contribution in [2.75, 3.05) is 20.1 Å². The third-order valence-electron chi connectivity index (χ3n) is 4.72. The second-order valence-electron chi connectivity index (χ2n) is 5.57. The maximum absolute atomic E-state index is 11.3. The second-order valence-corrected chi connectivity index (χ2v) is 5.57. The van der Waals surface area contributed by atoms with Crippen molar-refractivity contribution < 1.29 is 4.79 Å². The summed E-state index contributed by atoms with van der Waals surface area (Å²) < 4.78 is 0. The molecule has 16 heavy (non-hydrogen) atoms. The van der Waals surface area contributed by atoms with Gasteiger partial charge >= 0.3 is 0 Å². The van der Waals surface area contributed by atoms with E-state index in [2.05, 4.69) is 12.4 Å². The number of hydrogen-bond acceptors (Lipinski definition) is 2. The number of rotatable bonds is 1. The van der Waals surface area contributed by atoms with Crippen LogP contribution in [-0.4, -0.2) is 37.0 Å². The van der Waals surface area contributed by atoms with E-state index in [-0.39, 0.29) is 5.91 Å². The van der Waals surface area contributed by atoms with Crippen LogP contribution >= 0.6 is 0 Å². The average molecular weight is 224 g/mol. The molecule has 1 N–H and O–H groups in total. The number of amides is 1. The van der Waals surface area contributed by atoms with E-state index in [1.54, 1.807) is 6.92 Å². The molecule has 1 aliphatic carbocycles. The van der Waals surface area contributed by atoms with Gasteiger partial charge in [-0.05, 0) is 51.0 Å². The molecule has 1 amide bonds. The van der Waals surface area contributed by atoms with Crippen molar-refractivity contribution in [1.82, 2.24) is 10.2 Å². The summed E-state index contributed by atoms with van der Waals surface area (Å²) in [5, 5.41) is 3.39. The van der Waals surface area contributed by atoms with E-state index in [0.717, 1.165) is 19.1 Å². The van der Waals surface area contributed by atoms with Crippen molar-refractivity contribution in [3.8, 4) is 0 Å². The topological polar surface area (TPSA) is 32.3 Å². The minimum absolute atomic E-state index is 0.249. The van der Waals surface area contributed by atoms with E-state index >= 15 is 0 Å².